The molecule has 3 saturated heterocycles. The number of rotatable bonds is 3. The van der Waals surface area contributed by atoms with Gasteiger partial charge in [-0.1, -0.05) is 11.6 Å². The number of ether oxygens (including phenoxy) is 1. The van der Waals surface area contributed by atoms with Crippen LogP contribution < -0.4 is 4.90 Å². The van der Waals surface area contributed by atoms with Crippen molar-refractivity contribution >= 4 is 35.0 Å². The van der Waals surface area contributed by atoms with Crippen molar-refractivity contribution in [2.24, 2.45) is 11.8 Å². The van der Waals surface area contributed by atoms with Crippen molar-refractivity contribution in [1.29, 1.82) is 0 Å². The molecule has 156 valence electrons. The van der Waals surface area contributed by atoms with Crippen molar-refractivity contribution in [2.75, 3.05) is 50.8 Å². The quantitative estimate of drug-likeness (QED) is 0.749. The van der Waals surface area contributed by atoms with Crippen molar-refractivity contribution in [3.05, 3.63) is 29.3 Å². The van der Waals surface area contributed by atoms with Gasteiger partial charge in [-0.05, 0) is 37.1 Å². The summed E-state index contributed by atoms with van der Waals surface area (Å²) in [6.45, 7) is 4.06. The Bertz CT molecular complexity index is 771. The zero-order valence-corrected chi connectivity index (χ0v) is 17.1. The molecular formula is C21H26ClN3O4. The van der Waals surface area contributed by atoms with E-state index in [1.54, 1.807) is 29.2 Å². The Morgan fingerprint density at radius 2 is 1.48 bits per heavy atom. The molecule has 3 aliphatic heterocycles. The van der Waals surface area contributed by atoms with Crippen molar-refractivity contribution < 1.29 is 19.1 Å². The minimum absolute atomic E-state index is 0.0204. The zero-order chi connectivity index (χ0) is 20.4. The smallest absolute Gasteiger partial charge is 0.228 e. The van der Waals surface area contributed by atoms with Crippen molar-refractivity contribution in [1.82, 2.24) is 9.80 Å². The highest BCUT2D eigenvalue weighted by Gasteiger charge is 2.39. The van der Waals surface area contributed by atoms with Gasteiger partial charge >= 0.3 is 0 Å². The summed E-state index contributed by atoms with van der Waals surface area (Å²) in [7, 11) is 0. The van der Waals surface area contributed by atoms with Gasteiger partial charge in [0, 0.05) is 55.8 Å². The topological polar surface area (TPSA) is 70.2 Å². The van der Waals surface area contributed by atoms with E-state index >= 15 is 0 Å². The highest BCUT2D eigenvalue weighted by Crippen LogP contribution is 2.29. The van der Waals surface area contributed by atoms with Crippen LogP contribution in [0.4, 0.5) is 5.69 Å². The molecule has 29 heavy (non-hydrogen) atoms. The van der Waals surface area contributed by atoms with Crippen LogP contribution in [-0.2, 0) is 19.1 Å². The summed E-state index contributed by atoms with van der Waals surface area (Å²) >= 11 is 5.92. The van der Waals surface area contributed by atoms with Gasteiger partial charge in [0.05, 0.1) is 19.1 Å². The molecule has 0 radical (unpaired) electrons. The molecule has 0 aromatic heterocycles. The third-order valence-electron chi connectivity index (χ3n) is 6.09. The fourth-order valence-electron chi connectivity index (χ4n) is 4.39. The van der Waals surface area contributed by atoms with Crippen LogP contribution in [0, 0.1) is 11.8 Å². The fourth-order valence-corrected chi connectivity index (χ4v) is 4.52. The number of carbonyl (C=O) groups is 3. The molecule has 0 bridgehead atoms. The summed E-state index contributed by atoms with van der Waals surface area (Å²) in [5.74, 6) is -0.182. The lowest BCUT2D eigenvalue weighted by molar-refractivity contribution is -0.144. The number of likely N-dealkylation sites (tertiary alicyclic amines) is 1. The van der Waals surface area contributed by atoms with Gasteiger partial charge in [-0.15, -0.1) is 0 Å². The number of carbonyl (C=O) groups excluding carboxylic acids is 3. The number of amides is 3. The maximum Gasteiger partial charge on any atom is 0.228 e. The van der Waals surface area contributed by atoms with Crippen molar-refractivity contribution in [3.8, 4) is 0 Å². The molecular weight excluding hydrogens is 394 g/mol. The summed E-state index contributed by atoms with van der Waals surface area (Å²) in [5.41, 5.74) is 0.768. The molecule has 3 fully saturated rings. The van der Waals surface area contributed by atoms with Gasteiger partial charge in [0.25, 0.3) is 0 Å². The SMILES string of the molecule is O=C(C1CCN(C(=O)C2CC(=O)N(c3ccc(Cl)cc3)C2)CC1)N1CCOCC1. The first-order valence-corrected chi connectivity index (χ1v) is 10.6. The Morgan fingerprint density at radius 3 is 2.14 bits per heavy atom. The van der Waals surface area contributed by atoms with Crippen LogP contribution >= 0.6 is 11.6 Å². The maximum atomic E-state index is 13.0. The van der Waals surface area contributed by atoms with Gasteiger partial charge in [0.1, 0.15) is 0 Å². The molecule has 0 N–H and O–H groups in total. The summed E-state index contributed by atoms with van der Waals surface area (Å²) in [6, 6.07) is 7.09. The third kappa shape index (κ3) is 4.41. The predicted octanol–water partition coefficient (Wildman–Crippen LogP) is 1.79. The van der Waals surface area contributed by atoms with Crippen LogP contribution in [0.3, 0.4) is 0 Å². The van der Waals surface area contributed by atoms with Crippen LogP contribution in [0.1, 0.15) is 19.3 Å². The Hall–Kier alpha value is -2.12. The first-order chi connectivity index (χ1) is 14.0. The summed E-state index contributed by atoms with van der Waals surface area (Å²) in [5, 5.41) is 0.613. The van der Waals surface area contributed by atoms with Crippen LogP contribution in [0.5, 0.6) is 0 Å². The van der Waals surface area contributed by atoms with Crippen LogP contribution in [0.15, 0.2) is 24.3 Å². The second-order valence-electron chi connectivity index (χ2n) is 7.92. The molecule has 0 aliphatic carbocycles. The van der Waals surface area contributed by atoms with Crippen LogP contribution in [-0.4, -0.2) is 73.5 Å². The predicted molar refractivity (Wildman–Crippen MR) is 109 cm³/mol. The second-order valence-corrected chi connectivity index (χ2v) is 8.36. The molecule has 3 amide bonds. The zero-order valence-electron chi connectivity index (χ0n) is 16.4. The standard InChI is InChI=1S/C21H26ClN3O4/c22-17-1-3-18(4-2-17)25-14-16(13-19(25)26)21(28)23-7-5-15(6-8-23)20(27)24-9-11-29-12-10-24/h1-4,15-16H,5-14H2. The van der Waals surface area contributed by atoms with Gasteiger partial charge in [-0.3, -0.25) is 14.4 Å². The number of morpholine rings is 1. The molecule has 0 saturated carbocycles. The van der Waals surface area contributed by atoms with Crippen LogP contribution in [0.25, 0.3) is 0 Å². The van der Waals surface area contributed by atoms with Crippen molar-refractivity contribution in [2.45, 2.75) is 19.3 Å². The number of hydrogen-bond acceptors (Lipinski definition) is 4. The number of hydrogen-bond donors (Lipinski definition) is 0. The van der Waals surface area contributed by atoms with Gasteiger partial charge in [0.15, 0.2) is 0 Å². The Morgan fingerprint density at radius 1 is 0.897 bits per heavy atom. The average Bonchev–Trinajstić information content (AvgIpc) is 3.15. The van der Waals surface area contributed by atoms with E-state index < -0.39 is 0 Å². The highest BCUT2D eigenvalue weighted by molar-refractivity contribution is 6.30. The average molecular weight is 420 g/mol. The van der Waals surface area contributed by atoms with Crippen LogP contribution in [0.2, 0.25) is 5.02 Å². The number of nitrogens with zero attached hydrogens (tertiary/aromatic N) is 3. The van der Waals surface area contributed by atoms with E-state index in [2.05, 4.69) is 0 Å². The molecule has 0 spiro atoms. The molecule has 8 heteroatoms. The van der Waals surface area contributed by atoms with E-state index in [-0.39, 0.29) is 36.0 Å². The first-order valence-electron chi connectivity index (χ1n) is 10.2. The fraction of sp³-hybridized carbons (Fsp3) is 0.571. The van der Waals surface area contributed by atoms with E-state index in [4.69, 9.17) is 16.3 Å². The summed E-state index contributed by atoms with van der Waals surface area (Å²) in [4.78, 5) is 43.4. The normalized spacial score (nSPS) is 23.6. The van der Waals surface area contributed by atoms with E-state index in [9.17, 15) is 14.4 Å². The van der Waals surface area contributed by atoms with Gasteiger partial charge < -0.3 is 19.4 Å². The minimum Gasteiger partial charge on any atom is -0.378 e. The van der Waals surface area contributed by atoms with Gasteiger partial charge in [0.2, 0.25) is 17.7 Å². The second kappa shape index (κ2) is 8.71. The van der Waals surface area contributed by atoms with E-state index in [0.29, 0.717) is 63.8 Å². The van der Waals surface area contributed by atoms with Gasteiger partial charge in [-0.25, -0.2) is 0 Å². The molecule has 1 aromatic carbocycles. The minimum atomic E-state index is -0.329. The molecule has 7 nitrogen and oxygen atoms in total. The Balaban J connectivity index is 1.31. The highest BCUT2D eigenvalue weighted by atomic mass is 35.5. The van der Waals surface area contributed by atoms with E-state index in [1.807, 2.05) is 9.80 Å². The molecule has 3 aliphatic rings. The largest absolute Gasteiger partial charge is 0.378 e. The molecule has 1 atom stereocenters. The molecule has 4 rings (SSSR count). The lowest BCUT2D eigenvalue weighted by atomic mass is 9.94. The molecule has 3 heterocycles. The lowest BCUT2D eigenvalue weighted by Crippen LogP contribution is -2.48. The Labute approximate surface area is 175 Å². The van der Waals surface area contributed by atoms with Crippen molar-refractivity contribution in [3.63, 3.8) is 0 Å². The van der Waals surface area contributed by atoms with Gasteiger partial charge in [-0.2, -0.15) is 0 Å². The Kier molecular flexibility index (Phi) is 6.06. The molecule has 1 unspecified atom stereocenters. The van der Waals surface area contributed by atoms with E-state index in [1.165, 1.54) is 0 Å². The monoisotopic (exact) mass is 419 g/mol. The third-order valence-corrected chi connectivity index (χ3v) is 6.34. The number of benzene rings is 1. The number of anilines is 1. The summed E-state index contributed by atoms with van der Waals surface area (Å²) in [6.07, 6.45) is 1.60. The first kappa shape index (κ1) is 20.2. The van der Waals surface area contributed by atoms with E-state index in [0.717, 1.165) is 5.69 Å². The molecule has 1 aromatic rings. The number of piperidine rings is 1. The summed E-state index contributed by atoms with van der Waals surface area (Å²) < 4.78 is 5.31. The lowest BCUT2D eigenvalue weighted by Gasteiger charge is -2.36. The maximum absolute atomic E-state index is 13.0. The number of halogens is 1.